The predicted octanol–water partition coefficient (Wildman–Crippen LogP) is 3.14. The number of carbonyl (C=O) groups excluding carboxylic acids is 1. The Kier molecular flexibility index (Phi) is 4.72. The zero-order valence-electron chi connectivity index (χ0n) is 11.5. The van der Waals surface area contributed by atoms with Crippen LogP contribution >= 0.6 is 0 Å². The molecule has 2 heteroatoms. The van der Waals surface area contributed by atoms with Gasteiger partial charge in [-0.05, 0) is 23.1 Å². The Balaban J connectivity index is 2.13. The van der Waals surface area contributed by atoms with E-state index in [9.17, 15) is 9.90 Å². The van der Waals surface area contributed by atoms with E-state index < -0.39 is 11.9 Å². The first-order valence-corrected chi connectivity index (χ1v) is 6.75. The molecule has 0 saturated carbocycles. The maximum Gasteiger partial charge on any atom is 0.0483 e. The minimum atomic E-state index is -1.02. The smallest absolute Gasteiger partial charge is 0.0483 e. The van der Waals surface area contributed by atoms with E-state index >= 15 is 0 Å². The Morgan fingerprint density at radius 1 is 1.05 bits per heavy atom. The summed E-state index contributed by atoms with van der Waals surface area (Å²) in [5.41, 5.74) is 3.31. The van der Waals surface area contributed by atoms with Crippen LogP contribution in [0.15, 0.2) is 60.7 Å². The molecular weight excluding hydrogens is 248 g/mol. The van der Waals surface area contributed by atoms with Crippen molar-refractivity contribution in [2.45, 2.75) is 13.3 Å². The Morgan fingerprint density at radius 3 is 2.20 bits per heavy atom. The fraction of sp³-hybridized carbons (Fsp3) is 0.167. The minimum absolute atomic E-state index is 0.524. The Bertz CT molecular complexity index is 583. The number of carboxylic acid groups (broad SMARTS) is 1. The van der Waals surface area contributed by atoms with Crippen molar-refractivity contribution in [1.82, 2.24) is 0 Å². The number of carboxylic acids is 1. The van der Waals surface area contributed by atoms with Crippen molar-refractivity contribution >= 4 is 12.0 Å². The third kappa shape index (κ3) is 3.58. The van der Waals surface area contributed by atoms with Gasteiger partial charge >= 0.3 is 0 Å². The molecule has 0 aliphatic rings. The number of hydrogen-bond donors (Lipinski definition) is 0. The SMILES string of the molecule is CCC(/C=C/c1ccc(-c2ccccc2)cc1)C(=O)[O-]. The van der Waals surface area contributed by atoms with Gasteiger partial charge < -0.3 is 9.90 Å². The highest BCUT2D eigenvalue weighted by atomic mass is 16.4. The van der Waals surface area contributed by atoms with Crippen LogP contribution in [-0.2, 0) is 4.79 Å². The van der Waals surface area contributed by atoms with Crippen LogP contribution in [0.2, 0.25) is 0 Å². The van der Waals surface area contributed by atoms with E-state index in [4.69, 9.17) is 0 Å². The third-order valence-electron chi connectivity index (χ3n) is 3.28. The van der Waals surface area contributed by atoms with E-state index in [1.165, 1.54) is 5.56 Å². The van der Waals surface area contributed by atoms with Crippen LogP contribution in [0.4, 0.5) is 0 Å². The predicted molar refractivity (Wildman–Crippen MR) is 79.7 cm³/mol. The number of rotatable bonds is 5. The van der Waals surface area contributed by atoms with Crippen molar-refractivity contribution in [2.75, 3.05) is 0 Å². The van der Waals surface area contributed by atoms with Gasteiger partial charge in [0.2, 0.25) is 0 Å². The maximum atomic E-state index is 10.8. The summed E-state index contributed by atoms with van der Waals surface area (Å²) in [6, 6.07) is 18.2. The lowest BCUT2D eigenvalue weighted by Crippen LogP contribution is -2.29. The van der Waals surface area contributed by atoms with E-state index in [-0.39, 0.29) is 0 Å². The highest BCUT2D eigenvalue weighted by molar-refractivity contribution is 5.72. The summed E-state index contributed by atoms with van der Waals surface area (Å²) in [5, 5.41) is 10.8. The highest BCUT2D eigenvalue weighted by Crippen LogP contribution is 2.20. The first kappa shape index (κ1) is 14.1. The Labute approximate surface area is 119 Å². The number of hydrogen-bond acceptors (Lipinski definition) is 2. The normalized spacial score (nSPS) is 12.4. The average molecular weight is 265 g/mol. The van der Waals surface area contributed by atoms with Crippen LogP contribution in [0, 0.1) is 5.92 Å². The first-order valence-electron chi connectivity index (χ1n) is 6.75. The van der Waals surface area contributed by atoms with Gasteiger partial charge in [0, 0.05) is 11.9 Å². The molecular formula is C18H17O2-. The van der Waals surface area contributed by atoms with Gasteiger partial charge in [-0.15, -0.1) is 0 Å². The molecule has 0 aliphatic heterocycles. The molecule has 2 rings (SSSR count). The summed E-state index contributed by atoms with van der Waals surface area (Å²) in [6.45, 7) is 1.84. The molecule has 0 aromatic heterocycles. The van der Waals surface area contributed by atoms with Gasteiger partial charge in [-0.2, -0.15) is 0 Å². The van der Waals surface area contributed by atoms with E-state index in [2.05, 4.69) is 12.1 Å². The number of benzene rings is 2. The molecule has 0 amide bonds. The second-order valence-electron chi connectivity index (χ2n) is 4.68. The fourth-order valence-electron chi connectivity index (χ4n) is 2.03. The van der Waals surface area contributed by atoms with Gasteiger partial charge in [-0.25, -0.2) is 0 Å². The molecule has 2 aromatic rings. The zero-order chi connectivity index (χ0) is 14.4. The van der Waals surface area contributed by atoms with E-state index in [1.807, 2.05) is 55.5 Å². The second kappa shape index (κ2) is 6.71. The van der Waals surface area contributed by atoms with Crippen molar-refractivity contribution < 1.29 is 9.90 Å². The summed E-state index contributed by atoms with van der Waals surface area (Å²) in [5.74, 6) is -1.55. The second-order valence-corrected chi connectivity index (χ2v) is 4.68. The molecule has 0 bridgehead atoms. The summed E-state index contributed by atoms with van der Waals surface area (Å²) >= 11 is 0. The molecule has 1 atom stereocenters. The van der Waals surface area contributed by atoms with Crippen LogP contribution in [0.25, 0.3) is 17.2 Å². The molecule has 1 unspecified atom stereocenters. The molecule has 0 N–H and O–H groups in total. The van der Waals surface area contributed by atoms with Crippen LogP contribution in [0.3, 0.4) is 0 Å². The molecule has 0 heterocycles. The molecule has 102 valence electrons. The summed E-state index contributed by atoms with van der Waals surface area (Å²) < 4.78 is 0. The van der Waals surface area contributed by atoms with Gasteiger partial charge in [0.05, 0.1) is 0 Å². The average Bonchev–Trinajstić information content (AvgIpc) is 2.49. The maximum absolute atomic E-state index is 10.8. The van der Waals surface area contributed by atoms with Crippen LogP contribution in [-0.4, -0.2) is 5.97 Å². The first-order chi connectivity index (χ1) is 9.70. The lowest BCUT2D eigenvalue weighted by Gasteiger charge is -2.10. The monoisotopic (exact) mass is 265 g/mol. The fourth-order valence-corrected chi connectivity index (χ4v) is 2.03. The summed E-state index contributed by atoms with van der Waals surface area (Å²) in [4.78, 5) is 10.8. The van der Waals surface area contributed by atoms with E-state index in [0.717, 1.165) is 11.1 Å². The number of carbonyl (C=O) groups is 1. The Morgan fingerprint density at radius 2 is 1.65 bits per heavy atom. The lowest BCUT2D eigenvalue weighted by atomic mass is 10.0. The van der Waals surface area contributed by atoms with Gasteiger partial charge in [0.25, 0.3) is 0 Å². The zero-order valence-corrected chi connectivity index (χ0v) is 11.5. The van der Waals surface area contributed by atoms with Crippen LogP contribution < -0.4 is 5.11 Å². The third-order valence-corrected chi connectivity index (χ3v) is 3.28. The molecule has 0 saturated heterocycles. The largest absolute Gasteiger partial charge is 0.550 e. The minimum Gasteiger partial charge on any atom is -0.550 e. The quantitative estimate of drug-likeness (QED) is 0.833. The highest BCUT2D eigenvalue weighted by Gasteiger charge is 2.01. The van der Waals surface area contributed by atoms with Gasteiger partial charge in [-0.3, -0.25) is 0 Å². The Hall–Kier alpha value is -2.35. The number of aliphatic carboxylic acids is 1. The van der Waals surface area contributed by atoms with Crippen molar-refractivity contribution in [3.63, 3.8) is 0 Å². The molecule has 0 aliphatic carbocycles. The molecule has 2 aromatic carbocycles. The van der Waals surface area contributed by atoms with Crippen molar-refractivity contribution in [1.29, 1.82) is 0 Å². The molecule has 20 heavy (non-hydrogen) atoms. The molecule has 2 nitrogen and oxygen atoms in total. The summed E-state index contributed by atoms with van der Waals surface area (Å²) in [6.07, 6.45) is 4.06. The molecule has 0 spiro atoms. The van der Waals surface area contributed by atoms with Gasteiger partial charge in [0.15, 0.2) is 0 Å². The van der Waals surface area contributed by atoms with Crippen LogP contribution in [0.1, 0.15) is 18.9 Å². The molecule has 0 fully saturated rings. The van der Waals surface area contributed by atoms with E-state index in [0.29, 0.717) is 6.42 Å². The topological polar surface area (TPSA) is 40.1 Å². The summed E-state index contributed by atoms with van der Waals surface area (Å²) in [7, 11) is 0. The van der Waals surface area contributed by atoms with Crippen molar-refractivity contribution in [3.05, 3.63) is 66.2 Å². The van der Waals surface area contributed by atoms with Gasteiger partial charge in [0.1, 0.15) is 0 Å². The van der Waals surface area contributed by atoms with E-state index in [1.54, 1.807) is 6.08 Å². The van der Waals surface area contributed by atoms with Crippen LogP contribution in [0.5, 0.6) is 0 Å². The standard InChI is InChI=1S/C18H18O2/c1-2-15(18(19)20)11-8-14-9-12-17(13-10-14)16-6-4-3-5-7-16/h3-13,15H,2H2,1H3,(H,19,20)/p-1/b11-8+. The molecule has 0 radical (unpaired) electrons. The van der Waals surface area contributed by atoms with Crippen molar-refractivity contribution in [3.8, 4) is 11.1 Å². The van der Waals surface area contributed by atoms with Crippen molar-refractivity contribution in [2.24, 2.45) is 5.92 Å². The lowest BCUT2D eigenvalue weighted by molar-refractivity contribution is -0.309. The van der Waals surface area contributed by atoms with Gasteiger partial charge in [-0.1, -0.05) is 73.7 Å².